The molecule has 136 valence electrons. The highest BCUT2D eigenvalue weighted by Crippen LogP contribution is 2.19. The zero-order chi connectivity index (χ0) is 16.7. The van der Waals surface area contributed by atoms with Crippen molar-refractivity contribution in [3.8, 4) is 0 Å². The zero-order valence-electron chi connectivity index (χ0n) is 15.5. The van der Waals surface area contributed by atoms with Gasteiger partial charge in [0.25, 0.3) is 0 Å². The van der Waals surface area contributed by atoms with Crippen LogP contribution in [0.15, 0.2) is 35.3 Å². The van der Waals surface area contributed by atoms with E-state index in [0.717, 1.165) is 12.5 Å². The van der Waals surface area contributed by atoms with Crippen LogP contribution in [0.4, 0.5) is 0 Å². The molecule has 1 aromatic carbocycles. The van der Waals surface area contributed by atoms with Crippen LogP contribution in [-0.2, 0) is 0 Å². The summed E-state index contributed by atoms with van der Waals surface area (Å²) in [6.45, 7) is 10.1. The van der Waals surface area contributed by atoms with Crippen molar-refractivity contribution in [1.29, 1.82) is 0 Å². The molecule has 1 aliphatic rings. The van der Waals surface area contributed by atoms with E-state index in [1.807, 2.05) is 13.1 Å². The van der Waals surface area contributed by atoms with Gasteiger partial charge in [-0.15, -0.1) is 24.0 Å². The summed E-state index contributed by atoms with van der Waals surface area (Å²) in [7, 11) is 1.83. The van der Waals surface area contributed by atoms with Gasteiger partial charge in [-0.05, 0) is 52.3 Å². The highest BCUT2D eigenvalue weighted by molar-refractivity contribution is 14.0. The second-order valence-electron chi connectivity index (χ2n) is 7.06. The van der Waals surface area contributed by atoms with Crippen molar-refractivity contribution in [2.75, 3.05) is 26.7 Å². The number of rotatable bonds is 5. The Morgan fingerprint density at radius 3 is 2.38 bits per heavy atom. The molecule has 1 unspecified atom stereocenters. The third-order valence-electron chi connectivity index (χ3n) is 4.78. The summed E-state index contributed by atoms with van der Waals surface area (Å²) in [6.07, 6.45) is 4.01. The molecule has 0 bridgehead atoms. The van der Waals surface area contributed by atoms with Gasteiger partial charge >= 0.3 is 0 Å². The molecule has 24 heavy (non-hydrogen) atoms. The molecule has 0 spiro atoms. The van der Waals surface area contributed by atoms with E-state index in [-0.39, 0.29) is 35.6 Å². The Hall–Kier alpha value is -0.820. The second kappa shape index (κ2) is 10.2. The van der Waals surface area contributed by atoms with Crippen LogP contribution >= 0.6 is 24.0 Å². The summed E-state index contributed by atoms with van der Waals surface area (Å²) in [5.74, 6) is 0.867. The number of piperidine rings is 1. The maximum Gasteiger partial charge on any atom is 0.191 e. The SMILES string of the molecule is CN=C(NCC(C)(C)N1CCCCC1)NC(C)c1ccccc1.I. The molecule has 2 rings (SSSR count). The highest BCUT2D eigenvalue weighted by atomic mass is 127. The van der Waals surface area contributed by atoms with Crippen molar-refractivity contribution in [3.63, 3.8) is 0 Å². The fraction of sp³-hybridized carbons (Fsp3) is 0.632. The lowest BCUT2D eigenvalue weighted by Gasteiger charge is -2.41. The lowest BCUT2D eigenvalue weighted by atomic mass is 9.98. The molecule has 1 fully saturated rings. The number of aliphatic imine (C=N–C) groups is 1. The number of halogens is 1. The lowest BCUT2D eigenvalue weighted by molar-refractivity contribution is 0.0982. The fourth-order valence-corrected chi connectivity index (χ4v) is 3.14. The summed E-state index contributed by atoms with van der Waals surface area (Å²) >= 11 is 0. The Morgan fingerprint density at radius 1 is 1.17 bits per heavy atom. The molecule has 0 saturated carbocycles. The topological polar surface area (TPSA) is 39.7 Å². The number of nitrogens with zero attached hydrogens (tertiary/aromatic N) is 2. The lowest BCUT2D eigenvalue weighted by Crippen LogP contribution is -2.55. The molecule has 0 amide bonds. The normalized spacial score (nSPS) is 17.8. The minimum atomic E-state index is 0. The van der Waals surface area contributed by atoms with Crippen LogP contribution in [0.1, 0.15) is 51.6 Å². The molecule has 4 nitrogen and oxygen atoms in total. The molecule has 2 N–H and O–H groups in total. The minimum absolute atomic E-state index is 0. The van der Waals surface area contributed by atoms with Gasteiger partial charge < -0.3 is 10.6 Å². The first-order chi connectivity index (χ1) is 11.0. The number of likely N-dealkylation sites (tertiary alicyclic amines) is 1. The summed E-state index contributed by atoms with van der Waals surface area (Å²) in [6, 6.07) is 10.7. The van der Waals surface area contributed by atoms with Crippen LogP contribution in [0, 0.1) is 0 Å². The maximum atomic E-state index is 4.38. The van der Waals surface area contributed by atoms with Crippen LogP contribution in [0.3, 0.4) is 0 Å². The fourth-order valence-electron chi connectivity index (χ4n) is 3.14. The quantitative estimate of drug-likeness (QED) is 0.413. The van der Waals surface area contributed by atoms with E-state index in [9.17, 15) is 0 Å². The first kappa shape index (κ1) is 21.2. The van der Waals surface area contributed by atoms with Crippen molar-refractivity contribution in [2.45, 2.75) is 51.6 Å². The van der Waals surface area contributed by atoms with Crippen molar-refractivity contribution < 1.29 is 0 Å². The smallest absolute Gasteiger partial charge is 0.191 e. The van der Waals surface area contributed by atoms with Gasteiger partial charge in [0.1, 0.15) is 0 Å². The van der Waals surface area contributed by atoms with Gasteiger partial charge in [0.15, 0.2) is 5.96 Å². The first-order valence-electron chi connectivity index (χ1n) is 8.80. The largest absolute Gasteiger partial charge is 0.355 e. The molecule has 1 aliphatic heterocycles. The van der Waals surface area contributed by atoms with Gasteiger partial charge in [-0.1, -0.05) is 36.8 Å². The number of guanidine groups is 1. The Balaban J connectivity index is 0.00000288. The minimum Gasteiger partial charge on any atom is -0.355 e. The first-order valence-corrected chi connectivity index (χ1v) is 8.80. The van der Waals surface area contributed by atoms with Crippen molar-refractivity contribution in [3.05, 3.63) is 35.9 Å². The molecule has 0 aromatic heterocycles. The second-order valence-corrected chi connectivity index (χ2v) is 7.06. The van der Waals surface area contributed by atoms with Gasteiger partial charge in [0.2, 0.25) is 0 Å². The van der Waals surface area contributed by atoms with Crippen LogP contribution in [0.2, 0.25) is 0 Å². The molecule has 1 aromatic rings. The van der Waals surface area contributed by atoms with Crippen molar-refractivity contribution >= 4 is 29.9 Å². The van der Waals surface area contributed by atoms with Crippen LogP contribution < -0.4 is 10.6 Å². The van der Waals surface area contributed by atoms with E-state index < -0.39 is 0 Å². The van der Waals surface area contributed by atoms with E-state index in [2.05, 4.69) is 65.6 Å². The third kappa shape index (κ3) is 6.24. The zero-order valence-corrected chi connectivity index (χ0v) is 17.8. The predicted octanol–water partition coefficient (Wildman–Crippen LogP) is 3.80. The monoisotopic (exact) mass is 444 g/mol. The number of nitrogens with one attached hydrogen (secondary N) is 2. The summed E-state index contributed by atoms with van der Waals surface area (Å²) in [5, 5.41) is 6.98. The Labute approximate surface area is 164 Å². The Kier molecular flexibility index (Phi) is 9.05. The van der Waals surface area contributed by atoms with Gasteiger partial charge in [-0.25, -0.2) is 0 Å². The average Bonchev–Trinajstić information content (AvgIpc) is 2.60. The molecule has 0 aliphatic carbocycles. The van der Waals surface area contributed by atoms with E-state index in [1.165, 1.54) is 37.9 Å². The van der Waals surface area contributed by atoms with Crippen LogP contribution in [0.5, 0.6) is 0 Å². The number of hydrogen-bond acceptors (Lipinski definition) is 2. The molecule has 1 heterocycles. The molecule has 1 saturated heterocycles. The Bertz CT molecular complexity index is 495. The molecule has 0 radical (unpaired) electrons. The molecule has 1 atom stereocenters. The van der Waals surface area contributed by atoms with E-state index in [0.29, 0.717) is 0 Å². The van der Waals surface area contributed by atoms with E-state index in [4.69, 9.17) is 0 Å². The summed E-state index contributed by atoms with van der Waals surface area (Å²) in [4.78, 5) is 6.97. The highest BCUT2D eigenvalue weighted by Gasteiger charge is 2.28. The average molecular weight is 444 g/mol. The van der Waals surface area contributed by atoms with E-state index >= 15 is 0 Å². The summed E-state index contributed by atoms with van der Waals surface area (Å²) in [5.41, 5.74) is 1.42. The van der Waals surface area contributed by atoms with Gasteiger partial charge in [-0.3, -0.25) is 9.89 Å². The predicted molar refractivity (Wildman–Crippen MR) is 114 cm³/mol. The number of hydrogen-bond donors (Lipinski definition) is 2. The maximum absolute atomic E-state index is 4.38. The van der Waals surface area contributed by atoms with Gasteiger partial charge in [-0.2, -0.15) is 0 Å². The van der Waals surface area contributed by atoms with Crippen molar-refractivity contribution in [1.82, 2.24) is 15.5 Å². The Morgan fingerprint density at radius 2 is 1.79 bits per heavy atom. The van der Waals surface area contributed by atoms with Gasteiger partial charge in [0, 0.05) is 19.1 Å². The van der Waals surface area contributed by atoms with Crippen LogP contribution in [-0.4, -0.2) is 43.1 Å². The van der Waals surface area contributed by atoms with Crippen LogP contribution in [0.25, 0.3) is 0 Å². The standard InChI is InChI=1S/C19H32N4.HI/c1-16(17-11-7-5-8-12-17)22-18(20-4)21-15-19(2,3)23-13-9-6-10-14-23;/h5,7-8,11-12,16H,6,9-10,13-15H2,1-4H3,(H2,20,21,22);1H. The van der Waals surface area contributed by atoms with Crippen molar-refractivity contribution in [2.24, 2.45) is 4.99 Å². The van der Waals surface area contributed by atoms with Gasteiger partial charge in [0.05, 0.1) is 6.04 Å². The molecule has 5 heteroatoms. The molecular weight excluding hydrogens is 411 g/mol. The van der Waals surface area contributed by atoms with E-state index in [1.54, 1.807) is 0 Å². The summed E-state index contributed by atoms with van der Waals surface area (Å²) < 4.78 is 0. The number of benzene rings is 1. The third-order valence-corrected chi connectivity index (χ3v) is 4.78. The molecular formula is C19H33IN4.